The first kappa shape index (κ1) is 18.5. The normalized spacial score (nSPS) is 36.6. The molecule has 6 heteroatoms. The summed E-state index contributed by atoms with van der Waals surface area (Å²) in [6.45, 7) is 0. The number of rotatable bonds is 0. The van der Waals surface area contributed by atoms with Gasteiger partial charge in [-0.15, -0.1) is 0 Å². The Kier molecular flexibility index (Phi) is 7.52. The van der Waals surface area contributed by atoms with Crippen LogP contribution in [0.1, 0.15) is 64.2 Å². The van der Waals surface area contributed by atoms with E-state index in [1.807, 2.05) is 0 Å². The van der Waals surface area contributed by atoms with E-state index in [9.17, 15) is 17.3 Å². The van der Waals surface area contributed by atoms with E-state index in [0.717, 1.165) is 0 Å². The van der Waals surface area contributed by atoms with Crippen LogP contribution in [0.25, 0.3) is 0 Å². The molecular formula is C14H24BF4Rh. The fourth-order valence-corrected chi connectivity index (χ4v) is 4.35. The predicted molar refractivity (Wildman–Crippen MR) is 70.3 cm³/mol. The van der Waals surface area contributed by atoms with Gasteiger partial charge in [0.1, 0.15) is 0 Å². The minimum atomic E-state index is -6.00. The average Bonchev–Trinajstić information content (AvgIpc) is 3.10. The number of hydrogen-bond acceptors (Lipinski definition) is 0. The zero-order valence-electron chi connectivity index (χ0n) is 11.8. The van der Waals surface area contributed by atoms with Crippen molar-refractivity contribution in [3.63, 3.8) is 0 Å². The third-order valence-electron chi connectivity index (χ3n) is 5.27. The summed E-state index contributed by atoms with van der Waals surface area (Å²) in [5, 5.41) is 0. The molecule has 4 rings (SSSR count). The maximum atomic E-state index is 9.75. The van der Waals surface area contributed by atoms with E-state index in [-0.39, 0.29) is 19.5 Å². The molecule has 4 aliphatic carbocycles. The Labute approximate surface area is 132 Å². The van der Waals surface area contributed by atoms with Crippen LogP contribution in [0.15, 0.2) is 0 Å². The maximum Gasteiger partial charge on any atom is 1.00 e. The second kappa shape index (κ2) is 8.15. The van der Waals surface area contributed by atoms with Crippen LogP contribution >= 0.6 is 0 Å². The zero-order valence-corrected chi connectivity index (χ0v) is 13.4. The standard InChI is InChI=1S/2C7H12.BF4.Rh/c2*1-2-7-4-3-6(1)5-7;2-1(3,4)5;/h2*6-7H,1-5H2;;/q;;-1;+1. The molecule has 0 saturated heterocycles. The van der Waals surface area contributed by atoms with Gasteiger partial charge in [0.05, 0.1) is 0 Å². The molecule has 0 nitrogen and oxygen atoms in total. The molecule has 20 heavy (non-hydrogen) atoms. The molecular weight excluding hydrogens is 358 g/mol. The largest absolute Gasteiger partial charge is 1.00 e. The summed E-state index contributed by atoms with van der Waals surface area (Å²) in [5.74, 6) is 4.69. The van der Waals surface area contributed by atoms with Crippen molar-refractivity contribution in [1.29, 1.82) is 0 Å². The molecule has 0 unspecified atom stereocenters. The van der Waals surface area contributed by atoms with Crippen molar-refractivity contribution in [3.05, 3.63) is 0 Å². The van der Waals surface area contributed by atoms with Crippen molar-refractivity contribution >= 4 is 7.25 Å². The first-order chi connectivity index (χ1) is 8.90. The van der Waals surface area contributed by atoms with Crippen LogP contribution in [-0.2, 0) is 19.5 Å². The van der Waals surface area contributed by atoms with Gasteiger partial charge in [-0.25, -0.2) is 0 Å². The fraction of sp³-hybridized carbons (Fsp3) is 1.00. The minimum absolute atomic E-state index is 0. The average molecular weight is 382 g/mol. The second-order valence-electron chi connectivity index (χ2n) is 6.74. The molecule has 0 aromatic carbocycles. The summed E-state index contributed by atoms with van der Waals surface area (Å²) in [5.41, 5.74) is 0. The summed E-state index contributed by atoms with van der Waals surface area (Å²) in [6, 6.07) is 0. The van der Waals surface area contributed by atoms with Crippen molar-refractivity contribution in [2.75, 3.05) is 0 Å². The van der Waals surface area contributed by atoms with Gasteiger partial charge in [0.2, 0.25) is 0 Å². The van der Waals surface area contributed by atoms with E-state index in [2.05, 4.69) is 0 Å². The van der Waals surface area contributed by atoms with Gasteiger partial charge in [-0.2, -0.15) is 0 Å². The van der Waals surface area contributed by atoms with E-state index in [1.165, 1.54) is 23.7 Å². The number of hydrogen-bond donors (Lipinski definition) is 0. The Morgan fingerprint density at radius 3 is 0.700 bits per heavy atom. The first-order valence-corrected chi connectivity index (χ1v) is 7.77. The summed E-state index contributed by atoms with van der Waals surface area (Å²) in [4.78, 5) is 0. The van der Waals surface area contributed by atoms with Crippen LogP contribution in [0.3, 0.4) is 0 Å². The van der Waals surface area contributed by atoms with Gasteiger partial charge in [0.15, 0.2) is 0 Å². The van der Waals surface area contributed by atoms with Gasteiger partial charge < -0.3 is 17.3 Å². The van der Waals surface area contributed by atoms with Gasteiger partial charge in [-0.3, -0.25) is 0 Å². The molecule has 120 valence electrons. The zero-order chi connectivity index (χ0) is 13.9. The number of halogens is 4. The maximum absolute atomic E-state index is 9.75. The predicted octanol–water partition coefficient (Wildman–Crippen LogP) is 5.69. The second-order valence-corrected chi connectivity index (χ2v) is 6.74. The van der Waals surface area contributed by atoms with Gasteiger partial charge in [-0.05, 0) is 36.5 Å². The molecule has 4 bridgehead atoms. The monoisotopic (exact) mass is 382 g/mol. The number of fused-ring (bicyclic) bond motifs is 4. The Balaban J connectivity index is 0.000000150. The van der Waals surface area contributed by atoms with Crippen molar-refractivity contribution in [1.82, 2.24) is 0 Å². The van der Waals surface area contributed by atoms with Gasteiger partial charge in [0.25, 0.3) is 0 Å². The Morgan fingerprint density at radius 1 is 0.500 bits per heavy atom. The summed E-state index contributed by atoms with van der Waals surface area (Å²) in [7, 11) is -6.00. The topological polar surface area (TPSA) is 0 Å². The third kappa shape index (κ3) is 6.91. The van der Waals surface area contributed by atoms with Gasteiger partial charge >= 0.3 is 26.7 Å². The van der Waals surface area contributed by atoms with E-state index in [4.69, 9.17) is 0 Å². The molecule has 0 atom stereocenters. The van der Waals surface area contributed by atoms with E-state index in [0.29, 0.717) is 0 Å². The van der Waals surface area contributed by atoms with Crippen molar-refractivity contribution in [2.45, 2.75) is 64.2 Å². The van der Waals surface area contributed by atoms with Crippen LogP contribution in [0.4, 0.5) is 17.3 Å². The third-order valence-corrected chi connectivity index (χ3v) is 5.27. The van der Waals surface area contributed by atoms with Gasteiger partial charge in [-0.1, -0.05) is 51.4 Å². The van der Waals surface area contributed by atoms with Crippen molar-refractivity contribution in [2.24, 2.45) is 23.7 Å². The minimum Gasteiger partial charge on any atom is -0.418 e. The molecule has 0 aliphatic heterocycles. The smallest absolute Gasteiger partial charge is 0.418 e. The molecule has 0 heterocycles. The molecule has 0 radical (unpaired) electrons. The molecule has 4 aliphatic rings. The van der Waals surface area contributed by atoms with Crippen LogP contribution in [0, 0.1) is 23.7 Å². The fourth-order valence-electron chi connectivity index (χ4n) is 4.35. The SMILES string of the molecule is C1CC2CCC1C2.C1CC2CCC1C2.F[B-](F)(F)F.[Rh+]. The Morgan fingerprint density at radius 2 is 0.650 bits per heavy atom. The van der Waals surface area contributed by atoms with E-state index >= 15 is 0 Å². The Hall–Kier alpha value is 0.408. The van der Waals surface area contributed by atoms with Crippen LogP contribution in [0.5, 0.6) is 0 Å². The van der Waals surface area contributed by atoms with E-state index < -0.39 is 7.25 Å². The molecule has 0 amide bonds. The van der Waals surface area contributed by atoms with Crippen LogP contribution in [0.2, 0.25) is 0 Å². The molecule has 4 saturated carbocycles. The van der Waals surface area contributed by atoms with E-state index in [1.54, 1.807) is 64.2 Å². The molecule has 0 N–H and O–H groups in total. The quantitative estimate of drug-likeness (QED) is 0.373. The summed E-state index contributed by atoms with van der Waals surface area (Å²) >= 11 is 0. The summed E-state index contributed by atoms with van der Waals surface area (Å²) in [6.07, 6.45) is 15.6. The Bertz CT molecular complexity index is 221. The van der Waals surface area contributed by atoms with Crippen LogP contribution < -0.4 is 0 Å². The summed E-state index contributed by atoms with van der Waals surface area (Å²) < 4.78 is 39.0. The first-order valence-electron chi connectivity index (χ1n) is 7.77. The van der Waals surface area contributed by atoms with Crippen molar-refractivity contribution < 1.29 is 36.7 Å². The van der Waals surface area contributed by atoms with Crippen LogP contribution in [-0.4, -0.2) is 7.25 Å². The molecule has 0 aromatic rings. The van der Waals surface area contributed by atoms with Crippen molar-refractivity contribution in [3.8, 4) is 0 Å². The molecule has 0 spiro atoms. The molecule has 0 aromatic heterocycles. The van der Waals surface area contributed by atoms with Gasteiger partial charge in [0, 0.05) is 0 Å². The molecule has 4 fully saturated rings.